The van der Waals surface area contributed by atoms with Gasteiger partial charge in [-0.15, -0.1) is 11.3 Å². The van der Waals surface area contributed by atoms with Crippen LogP contribution in [0.3, 0.4) is 0 Å². The van der Waals surface area contributed by atoms with Crippen molar-refractivity contribution >= 4 is 17.3 Å². The van der Waals surface area contributed by atoms with Gasteiger partial charge in [0.2, 0.25) is 0 Å². The Hall–Kier alpha value is -1.03. The Balaban J connectivity index is 2.83. The van der Waals surface area contributed by atoms with Crippen LogP contribution in [0, 0.1) is 0 Å². The Morgan fingerprint density at radius 2 is 2.25 bits per heavy atom. The molecular formula is C12H18O3S. The van der Waals surface area contributed by atoms with Crippen molar-refractivity contribution in [1.29, 1.82) is 0 Å². The number of ether oxygens (including phenoxy) is 1. The Labute approximate surface area is 100 Å². The van der Waals surface area contributed by atoms with E-state index in [4.69, 9.17) is 9.84 Å². The van der Waals surface area contributed by atoms with Gasteiger partial charge in [0.25, 0.3) is 0 Å². The average molecular weight is 242 g/mol. The molecule has 0 amide bonds. The summed E-state index contributed by atoms with van der Waals surface area (Å²) in [5.41, 5.74) is 0. The number of rotatable bonds is 6. The fourth-order valence-corrected chi connectivity index (χ4v) is 2.20. The van der Waals surface area contributed by atoms with Gasteiger partial charge in [-0.05, 0) is 18.4 Å². The minimum absolute atomic E-state index is 0.319. The Morgan fingerprint density at radius 3 is 2.75 bits per heavy atom. The number of carboxylic acid groups (broad SMARTS) is 1. The van der Waals surface area contributed by atoms with Crippen LogP contribution in [0.4, 0.5) is 0 Å². The molecule has 0 aromatic carbocycles. The molecule has 1 heterocycles. The van der Waals surface area contributed by atoms with Crippen LogP contribution < -0.4 is 4.74 Å². The van der Waals surface area contributed by atoms with Crippen LogP contribution in [-0.2, 0) is 0 Å². The fraction of sp³-hybridized carbons (Fsp3) is 0.583. The van der Waals surface area contributed by atoms with Crippen LogP contribution in [0.15, 0.2) is 6.07 Å². The van der Waals surface area contributed by atoms with Gasteiger partial charge in [0, 0.05) is 4.88 Å². The van der Waals surface area contributed by atoms with Gasteiger partial charge in [0.15, 0.2) is 4.88 Å². The van der Waals surface area contributed by atoms with E-state index in [2.05, 4.69) is 6.92 Å². The van der Waals surface area contributed by atoms with E-state index in [1.807, 2.05) is 19.9 Å². The van der Waals surface area contributed by atoms with E-state index >= 15 is 0 Å². The van der Waals surface area contributed by atoms with Crippen molar-refractivity contribution < 1.29 is 14.6 Å². The number of hydrogen-bond donors (Lipinski definition) is 1. The van der Waals surface area contributed by atoms with Gasteiger partial charge in [0.05, 0.1) is 6.61 Å². The molecule has 0 spiro atoms. The number of hydrogen-bond acceptors (Lipinski definition) is 3. The average Bonchev–Trinajstić information content (AvgIpc) is 2.62. The van der Waals surface area contributed by atoms with Gasteiger partial charge in [-0.2, -0.15) is 0 Å². The summed E-state index contributed by atoms with van der Waals surface area (Å²) in [7, 11) is 0. The third kappa shape index (κ3) is 3.23. The summed E-state index contributed by atoms with van der Waals surface area (Å²) in [4.78, 5) is 12.4. The third-order valence-electron chi connectivity index (χ3n) is 2.24. The Morgan fingerprint density at radius 1 is 1.56 bits per heavy atom. The van der Waals surface area contributed by atoms with Gasteiger partial charge in [-0.3, -0.25) is 0 Å². The molecule has 0 radical (unpaired) electrons. The Bertz CT molecular complexity index is 355. The molecule has 1 aromatic heterocycles. The lowest BCUT2D eigenvalue weighted by Gasteiger charge is -2.03. The van der Waals surface area contributed by atoms with Crippen LogP contribution in [-0.4, -0.2) is 17.7 Å². The van der Waals surface area contributed by atoms with E-state index in [9.17, 15) is 4.79 Å². The zero-order valence-corrected chi connectivity index (χ0v) is 10.8. The SMILES string of the molecule is CCCCOc1cc(C(C)C)sc1C(=O)O. The molecule has 1 N–H and O–H groups in total. The predicted molar refractivity (Wildman–Crippen MR) is 65.8 cm³/mol. The van der Waals surface area contributed by atoms with Crippen LogP contribution in [0.5, 0.6) is 5.75 Å². The van der Waals surface area contributed by atoms with Gasteiger partial charge in [-0.25, -0.2) is 4.79 Å². The van der Waals surface area contributed by atoms with E-state index in [1.54, 1.807) is 0 Å². The first-order chi connectivity index (χ1) is 7.56. The molecule has 0 aliphatic carbocycles. The second kappa shape index (κ2) is 5.89. The highest BCUT2D eigenvalue weighted by molar-refractivity contribution is 7.14. The summed E-state index contributed by atoms with van der Waals surface area (Å²) in [5.74, 6) is -0.0373. The summed E-state index contributed by atoms with van der Waals surface area (Å²) >= 11 is 1.31. The third-order valence-corrected chi connectivity index (χ3v) is 3.64. The fourth-order valence-electron chi connectivity index (χ4n) is 1.26. The first kappa shape index (κ1) is 13.0. The van der Waals surface area contributed by atoms with E-state index in [0.717, 1.165) is 17.7 Å². The normalized spacial score (nSPS) is 10.8. The van der Waals surface area contributed by atoms with Crippen molar-refractivity contribution in [3.8, 4) is 5.75 Å². The highest BCUT2D eigenvalue weighted by Gasteiger charge is 2.17. The minimum Gasteiger partial charge on any atom is -0.492 e. The molecule has 0 atom stereocenters. The monoisotopic (exact) mass is 242 g/mol. The summed E-state index contributed by atoms with van der Waals surface area (Å²) < 4.78 is 5.50. The van der Waals surface area contributed by atoms with Crippen LogP contribution in [0.1, 0.15) is 54.1 Å². The molecule has 0 aliphatic heterocycles. The van der Waals surface area contributed by atoms with Crippen molar-refractivity contribution in [3.63, 3.8) is 0 Å². The van der Waals surface area contributed by atoms with Crippen LogP contribution in [0.25, 0.3) is 0 Å². The highest BCUT2D eigenvalue weighted by Crippen LogP contribution is 2.33. The quantitative estimate of drug-likeness (QED) is 0.773. The number of aromatic carboxylic acids is 1. The maximum atomic E-state index is 11.0. The van der Waals surface area contributed by atoms with Gasteiger partial charge >= 0.3 is 5.97 Å². The first-order valence-electron chi connectivity index (χ1n) is 5.56. The summed E-state index contributed by atoms with van der Waals surface area (Å²) in [5, 5.41) is 9.05. The lowest BCUT2D eigenvalue weighted by Crippen LogP contribution is -2.00. The second-order valence-corrected chi connectivity index (χ2v) is 5.09. The van der Waals surface area contributed by atoms with Crippen molar-refractivity contribution in [2.24, 2.45) is 0 Å². The molecule has 1 aromatic rings. The van der Waals surface area contributed by atoms with Crippen molar-refractivity contribution in [1.82, 2.24) is 0 Å². The first-order valence-corrected chi connectivity index (χ1v) is 6.37. The summed E-state index contributed by atoms with van der Waals surface area (Å²) in [6, 6.07) is 1.86. The van der Waals surface area contributed by atoms with E-state index in [-0.39, 0.29) is 0 Å². The number of carbonyl (C=O) groups is 1. The number of unbranched alkanes of at least 4 members (excludes halogenated alkanes) is 1. The largest absolute Gasteiger partial charge is 0.492 e. The molecule has 3 nitrogen and oxygen atoms in total. The minimum atomic E-state index is -0.900. The molecule has 16 heavy (non-hydrogen) atoms. The zero-order valence-electron chi connectivity index (χ0n) is 9.95. The molecule has 0 saturated carbocycles. The topological polar surface area (TPSA) is 46.5 Å². The van der Waals surface area contributed by atoms with Gasteiger partial charge in [-0.1, -0.05) is 27.2 Å². The zero-order chi connectivity index (χ0) is 12.1. The van der Waals surface area contributed by atoms with E-state index < -0.39 is 5.97 Å². The molecule has 0 bridgehead atoms. The molecule has 0 saturated heterocycles. The number of thiophene rings is 1. The van der Waals surface area contributed by atoms with Crippen LogP contribution >= 0.6 is 11.3 Å². The van der Waals surface area contributed by atoms with E-state index in [0.29, 0.717) is 23.2 Å². The summed E-state index contributed by atoms with van der Waals surface area (Å²) in [6.07, 6.45) is 2.00. The standard InChI is InChI=1S/C12H18O3S/c1-4-5-6-15-9-7-10(8(2)3)16-11(9)12(13)14/h7-8H,4-6H2,1-3H3,(H,13,14). The van der Waals surface area contributed by atoms with E-state index in [1.165, 1.54) is 11.3 Å². The second-order valence-electron chi connectivity index (χ2n) is 4.00. The highest BCUT2D eigenvalue weighted by atomic mass is 32.1. The summed E-state index contributed by atoms with van der Waals surface area (Å²) in [6.45, 7) is 6.76. The molecule has 0 aliphatic rings. The van der Waals surface area contributed by atoms with Crippen molar-refractivity contribution in [2.45, 2.75) is 39.5 Å². The smallest absolute Gasteiger partial charge is 0.349 e. The van der Waals surface area contributed by atoms with Crippen LogP contribution in [0.2, 0.25) is 0 Å². The molecule has 0 unspecified atom stereocenters. The van der Waals surface area contributed by atoms with Crippen molar-refractivity contribution in [2.75, 3.05) is 6.61 Å². The molecule has 4 heteroatoms. The molecular weight excluding hydrogens is 224 g/mol. The van der Waals surface area contributed by atoms with Gasteiger partial charge in [0.1, 0.15) is 5.75 Å². The molecule has 90 valence electrons. The lowest BCUT2D eigenvalue weighted by molar-refractivity contribution is 0.0698. The predicted octanol–water partition coefficient (Wildman–Crippen LogP) is 3.75. The maximum absolute atomic E-state index is 11.0. The lowest BCUT2D eigenvalue weighted by atomic mass is 10.2. The van der Waals surface area contributed by atoms with Crippen molar-refractivity contribution in [3.05, 3.63) is 15.8 Å². The molecule has 1 rings (SSSR count). The molecule has 0 fully saturated rings. The maximum Gasteiger partial charge on any atom is 0.349 e. The number of carboxylic acids is 1. The van der Waals surface area contributed by atoms with Gasteiger partial charge < -0.3 is 9.84 Å². The Kier molecular flexibility index (Phi) is 4.80.